The molecule has 0 saturated carbocycles. The van der Waals surface area contributed by atoms with E-state index in [0.29, 0.717) is 0 Å². The van der Waals surface area contributed by atoms with Crippen LogP contribution in [0.2, 0.25) is 0 Å². The molecule has 1 aromatic heterocycles. The summed E-state index contributed by atoms with van der Waals surface area (Å²) in [5, 5.41) is 10.3. The summed E-state index contributed by atoms with van der Waals surface area (Å²) in [5.74, 6) is -0.790. The van der Waals surface area contributed by atoms with Gasteiger partial charge in [-0.15, -0.1) is 5.10 Å². The Morgan fingerprint density at radius 1 is 1.27 bits per heavy atom. The zero-order valence-corrected chi connectivity index (χ0v) is 12.8. The number of benzene rings is 1. The molecular formula is C15H18N4O3. The maximum Gasteiger partial charge on any atom is 0.360 e. The van der Waals surface area contributed by atoms with Crippen LogP contribution >= 0.6 is 0 Å². The summed E-state index contributed by atoms with van der Waals surface area (Å²) < 4.78 is 6.12. The minimum absolute atomic E-state index is 0.0276. The largest absolute Gasteiger partial charge is 0.461 e. The Hall–Kier alpha value is -2.70. The van der Waals surface area contributed by atoms with E-state index in [1.165, 1.54) is 10.9 Å². The molecule has 1 heterocycles. The van der Waals surface area contributed by atoms with Crippen LogP contribution in [0.1, 0.15) is 28.5 Å². The van der Waals surface area contributed by atoms with Gasteiger partial charge < -0.3 is 10.1 Å². The number of para-hydroxylation sites is 1. The van der Waals surface area contributed by atoms with Gasteiger partial charge in [0, 0.05) is 5.69 Å². The quantitative estimate of drug-likeness (QED) is 0.850. The van der Waals surface area contributed by atoms with Gasteiger partial charge in [-0.25, -0.2) is 9.48 Å². The van der Waals surface area contributed by atoms with E-state index in [0.717, 1.165) is 16.8 Å². The summed E-state index contributed by atoms with van der Waals surface area (Å²) in [5.41, 5.74) is 2.85. The van der Waals surface area contributed by atoms with Crippen molar-refractivity contribution in [3.05, 3.63) is 41.2 Å². The summed E-state index contributed by atoms with van der Waals surface area (Å²) in [6.07, 6.45) is 1.39. The third-order valence-corrected chi connectivity index (χ3v) is 3.07. The first-order chi connectivity index (χ1) is 10.5. The average Bonchev–Trinajstić information content (AvgIpc) is 2.92. The maximum atomic E-state index is 12.1. The fraction of sp³-hybridized carbons (Fsp3) is 0.333. The number of carbonyl (C=O) groups is 2. The first kappa shape index (κ1) is 15.7. The van der Waals surface area contributed by atoms with Gasteiger partial charge in [0.2, 0.25) is 5.91 Å². The molecule has 1 amide bonds. The van der Waals surface area contributed by atoms with Crippen molar-refractivity contribution in [2.45, 2.75) is 27.3 Å². The number of carbonyl (C=O) groups excluding carboxylic acids is 2. The molecule has 0 atom stereocenters. The van der Waals surface area contributed by atoms with Crippen LogP contribution in [0, 0.1) is 13.8 Å². The second kappa shape index (κ2) is 6.84. The number of hydrogen-bond donors (Lipinski definition) is 1. The van der Waals surface area contributed by atoms with Crippen LogP contribution in [0.3, 0.4) is 0 Å². The minimum Gasteiger partial charge on any atom is -0.461 e. The number of nitrogens with zero attached hydrogens (tertiary/aromatic N) is 3. The van der Waals surface area contributed by atoms with Crippen molar-refractivity contribution in [3.8, 4) is 0 Å². The number of amides is 1. The third-order valence-electron chi connectivity index (χ3n) is 3.07. The normalized spacial score (nSPS) is 10.3. The topological polar surface area (TPSA) is 86.1 Å². The molecule has 0 aliphatic rings. The highest BCUT2D eigenvalue weighted by atomic mass is 16.5. The van der Waals surface area contributed by atoms with Crippen molar-refractivity contribution < 1.29 is 14.3 Å². The molecule has 1 N–H and O–H groups in total. The van der Waals surface area contributed by atoms with Gasteiger partial charge in [0.05, 0.1) is 12.8 Å². The number of aryl methyl sites for hydroxylation is 2. The van der Waals surface area contributed by atoms with Crippen LogP contribution in [0.25, 0.3) is 0 Å². The van der Waals surface area contributed by atoms with Crippen molar-refractivity contribution in [3.63, 3.8) is 0 Å². The summed E-state index contributed by atoms with van der Waals surface area (Å²) >= 11 is 0. The standard InChI is InChI=1S/C15H18N4O3/c1-4-22-15(21)12-8-19(18-17-12)9-13(20)16-14-10(2)6-5-7-11(14)3/h5-8H,4,9H2,1-3H3,(H,16,20). The molecule has 0 fully saturated rings. The van der Waals surface area contributed by atoms with E-state index in [4.69, 9.17) is 4.74 Å². The summed E-state index contributed by atoms with van der Waals surface area (Å²) in [6.45, 7) is 5.80. The molecule has 0 saturated heterocycles. The smallest absolute Gasteiger partial charge is 0.360 e. The lowest BCUT2D eigenvalue weighted by atomic mass is 10.1. The van der Waals surface area contributed by atoms with E-state index in [-0.39, 0.29) is 24.8 Å². The van der Waals surface area contributed by atoms with Gasteiger partial charge in [-0.1, -0.05) is 23.4 Å². The number of ether oxygens (including phenoxy) is 1. The first-order valence-corrected chi connectivity index (χ1v) is 6.94. The van der Waals surface area contributed by atoms with E-state index in [1.54, 1.807) is 6.92 Å². The fourth-order valence-corrected chi connectivity index (χ4v) is 2.01. The third kappa shape index (κ3) is 3.69. The van der Waals surface area contributed by atoms with Crippen LogP contribution < -0.4 is 5.32 Å². The Morgan fingerprint density at radius 3 is 2.59 bits per heavy atom. The van der Waals surface area contributed by atoms with E-state index >= 15 is 0 Å². The van der Waals surface area contributed by atoms with Gasteiger partial charge in [0.1, 0.15) is 6.54 Å². The molecular weight excluding hydrogens is 284 g/mol. The zero-order valence-electron chi connectivity index (χ0n) is 12.8. The van der Waals surface area contributed by atoms with Crippen LogP contribution in [0.5, 0.6) is 0 Å². The van der Waals surface area contributed by atoms with Gasteiger partial charge >= 0.3 is 5.97 Å². The van der Waals surface area contributed by atoms with Crippen LogP contribution in [0.4, 0.5) is 5.69 Å². The predicted molar refractivity (Wildman–Crippen MR) is 80.5 cm³/mol. The van der Waals surface area contributed by atoms with Crippen molar-refractivity contribution in [1.29, 1.82) is 0 Å². The molecule has 7 heteroatoms. The first-order valence-electron chi connectivity index (χ1n) is 6.94. The number of nitrogens with one attached hydrogen (secondary N) is 1. The van der Waals surface area contributed by atoms with Gasteiger partial charge in [0.15, 0.2) is 5.69 Å². The minimum atomic E-state index is -0.552. The Morgan fingerprint density at radius 2 is 1.95 bits per heavy atom. The lowest BCUT2D eigenvalue weighted by molar-refractivity contribution is -0.116. The Labute approximate surface area is 128 Å². The molecule has 2 rings (SSSR count). The van der Waals surface area contributed by atoms with Crippen LogP contribution in [-0.2, 0) is 16.1 Å². The molecule has 0 spiro atoms. The van der Waals surface area contributed by atoms with Gasteiger partial charge in [-0.05, 0) is 31.9 Å². The Bertz CT molecular complexity index is 674. The number of anilines is 1. The molecule has 0 radical (unpaired) electrons. The Balaban J connectivity index is 2.02. The highest BCUT2D eigenvalue weighted by Crippen LogP contribution is 2.19. The van der Waals surface area contributed by atoms with Crippen LogP contribution in [0.15, 0.2) is 24.4 Å². The van der Waals surface area contributed by atoms with Crippen molar-refractivity contribution in [1.82, 2.24) is 15.0 Å². The molecule has 0 aliphatic heterocycles. The second-order valence-corrected chi connectivity index (χ2v) is 4.84. The summed E-state index contributed by atoms with van der Waals surface area (Å²) in [7, 11) is 0. The zero-order chi connectivity index (χ0) is 16.1. The number of esters is 1. The van der Waals surface area contributed by atoms with E-state index in [9.17, 15) is 9.59 Å². The van der Waals surface area contributed by atoms with E-state index in [1.807, 2.05) is 32.0 Å². The number of hydrogen-bond acceptors (Lipinski definition) is 5. The summed E-state index contributed by atoms with van der Waals surface area (Å²) in [6, 6.07) is 5.79. The molecule has 0 unspecified atom stereocenters. The molecule has 7 nitrogen and oxygen atoms in total. The lowest BCUT2D eigenvalue weighted by Crippen LogP contribution is -2.20. The molecule has 2 aromatic rings. The summed E-state index contributed by atoms with van der Waals surface area (Å²) in [4.78, 5) is 23.6. The molecule has 1 aromatic carbocycles. The van der Waals surface area contributed by atoms with Gasteiger partial charge in [-0.2, -0.15) is 0 Å². The molecule has 116 valence electrons. The highest BCUT2D eigenvalue weighted by Gasteiger charge is 2.14. The fourth-order valence-electron chi connectivity index (χ4n) is 2.01. The highest BCUT2D eigenvalue weighted by molar-refractivity contribution is 5.92. The Kier molecular flexibility index (Phi) is 4.88. The van der Waals surface area contributed by atoms with Gasteiger partial charge in [0.25, 0.3) is 0 Å². The second-order valence-electron chi connectivity index (χ2n) is 4.84. The van der Waals surface area contributed by atoms with Crippen LogP contribution in [-0.4, -0.2) is 33.5 Å². The number of rotatable bonds is 5. The molecule has 0 aliphatic carbocycles. The molecule has 0 bridgehead atoms. The number of aromatic nitrogens is 3. The van der Waals surface area contributed by atoms with E-state index < -0.39 is 5.97 Å². The van der Waals surface area contributed by atoms with E-state index in [2.05, 4.69) is 15.6 Å². The maximum absolute atomic E-state index is 12.1. The van der Waals surface area contributed by atoms with Crippen molar-refractivity contribution >= 4 is 17.6 Å². The average molecular weight is 302 g/mol. The lowest BCUT2D eigenvalue weighted by Gasteiger charge is -2.11. The molecule has 22 heavy (non-hydrogen) atoms. The van der Waals surface area contributed by atoms with Gasteiger partial charge in [-0.3, -0.25) is 4.79 Å². The monoisotopic (exact) mass is 302 g/mol. The van der Waals surface area contributed by atoms with Crippen molar-refractivity contribution in [2.24, 2.45) is 0 Å². The van der Waals surface area contributed by atoms with Crippen molar-refractivity contribution in [2.75, 3.05) is 11.9 Å². The predicted octanol–water partition coefficient (Wildman–Crippen LogP) is 1.71. The SMILES string of the molecule is CCOC(=O)c1cn(CC(=O)Nc2c(C)cccc2C)nn1.